The molecule has 1 rings (SSSR count). The number of aromatic nitrogens is 2. The molecule has 1 aromatic heterocycles. The smallest absolute Gasteiger partial charge is 0.234 e. The Morgan fingerprint density at radius 1 is 1.44 bits per heavy atom. The molecule has 0 bridgehead atoms. The zero-order valence-corrected chi connectivity index (χ0v) is 10.5. The monoisotopic (exact) mass is 247 g/mol. The molecule has 6 nitrogen and oxygen atoms in total. The second kappa shape index (κ2) is 5.40. The summed E-state index contributed by atoms with van der Waals surface area (Å²) in [6.07, 6.45) is 1.76. The lowest BCUT2D eigenvalue weighted by molar-refractivity contribution is 0.441. The van der Waals surface area contributed by atoms with Crippen LogP contribution in [0.1, 0.15) is 30.9 Å². The Hall–Kier alpha value is -0.950. The van der Waals surface area contributed by atoms with Crippen LogP contribution in [0.4, 0.5) is 0 Å². The Labute approximate surface area is 95.4 Å². The number of hydrogen-bond donors (Lipinski definition) is 1. The van der Waals surface area contributed by atoms with E-state index in [0.29, 0.717) is 12.3 Å². The minimum atomic E-state index is -3.18. The van der Waals surface area contributed by atoms with Crippen molar-refractivity contribution in [3.63, 3.8) is 0 Å². The van der Waals surface area contributed by atoms with Crippen LogP contribution in [-0.2, 0) is 16.3 Å². The molecule has 92 valence electrons. The Morgan fingerprint density at radius 2 is 2.12 bits per heavy atom. The van der Waals surface area contributed by atoms with Crippen LogP contribution in [0.15, 0.2) is 4.42 Å². The second-order valence-corrected chi connectivity index (χ2v) is 5.98. The molecule has 0 spiro atoms. The average molecular weight is 247 g/mol. The van der Waals surface area contributed by atoms with E-state index in [2.05, 4.69) is 15.5 Å². The van der Waals surface area contributed by atoms with E-state index in [4.69, 9.17) is 4.42 Å². The number of nitrogens with zero attached hydrogens (tertiary/aromatic N) is 2. The second-order valence-electron chi connectivity index (χ2n) is 3.61. The summed E-state index contributed by atoms with van der Waals surface area (Å²) >= 11 is 0. The molecule has 0 aliphatic carbocycles. The van der Waals surface area contributed by atoms with Gasteiger partial charge in [-0.05, 0) is 13.5 Å². The number of nitrogens with one attached hydrogen (secondary N) is 1. The fourth-order valence-electron chi connectivity index (χ4n) is 1.09. The van der Waals surface area contributed by atoms with Gasteiger partial charge >= 0.3 is 0 Å². The van der Waals surface area contributed by atoms with Crippen LogP contribution in [0.2, 0.25) is 0 Å². The molecule has 0 radical (unpaired) electrons. The molecule has 1 heterocycles. The molecule has 7 heteroatoms. The topological polar surface area (TPSA) is 85.1 Å². The van der Waals surface area contributed by atoms with E-state index in [-0.39, 0.29) is 5.89 Å². The maximum Gasteiger partial charge on any atom is 0.234 e. The summed E-state index contributed by atoms with van der Waals surface area (Å²) in [7, 11) is -3.18. The van der Waals surface area contributed by atoms with Crippen molar-refractivity contribution in [2.45, 2.75) is 25.5 Å². The Balaban J connectivity index is 2.64. The van der Waals surface area contributed by atoms with Crippen molar-refractivity contribution in [2.75, 3.05) is 19.3 Å². The van der Waals surface area contributed by atoms with Crippen molar-refractivity contribution < 1.29 is 12.8 Å². The largest absolute Gasteiger partial charge is 0.424 e. The predicted molar refractivity (Wildman–Crippen MR) is 59.8 cm³/mol. The van der Waals surface area contributed by atoms with E-state index < -0.39 is 15.1 Å². The highest BCUT2D eigenvalue weighted by atomic mass is 32.2. The minimum Gasteiger partial charge on any atom is -0.424 e. The zero-order valence-electron chi connectivity index (χ0n) is 9.73. The Morgan fingerprint density at radius 3 is 2.69 bits per heavy atom. The van der Waals surface area contributed by atoms with Crippen LogP contribution in [0, 0.1) is 0 Å². The van der Waals surface area contributed by atoms with Gasteiger partial charge in [0.15, 0.2) is 9.84 Å². The molecule has 16 heavy (non-hydrogen) atoms. The molecular formula is C9H17N3O3S. The lowest BCUT2D eigenvalue weighted by atomic mass is 10.4. The summed E-state index contributed by atoms with van der Waals surface area (Å²) in [5.74, 6) is 0.625. The molecule has 1 aromatic rings. The van der Waals surface area contributed by atoms with Gasteiger partial charge in [0.05, 0.1) is 0 Å². The van der Waals surface area contributed by atoms with Gasteiger partial charge in [-0.2, -0.15) is 0 Å². The molecule has 0 aliphatic rings. The molecule has 1 unspecified atom stereocenters. The van der Waals surface area contributed by atoms with Crippen molar-refractivity contribution >= 4 is 9.84 Å². The highest BCUT2D eigenvalue weighted by molar-refractivity contribution is 7.90. The summed E-state index contributed by atoms with van der Waals surface area (Å²) in [5.41, 5.74) is 0. The van der Waals surface area contributed by atoms with Gasteiger partial charge in [-0.3, -0.25) is 0 Å². The van der Waals surface area contributed by atoms with Crippen LogP contribution >= 0.6 is 0 Å². The fourth-order valence-corrected chi connectivity index (χ4v) is 1.55. The third kappa shape index (κ3) is 3.57. The van der Waals surface area contributed by atoms with Gasteiger partial charge in [-0.1, -0.05) is 6.92 Å². The molecule has 1 N–H and O–H groups in total. The van der Waals surface area contributed by atoms with Gasteiger partial charge in [0.25, 0.3) is 0 Å². The van der Waals surface area contributed by atoms with Gasteiger partial charge in [-0.15, -0.1) is 10.2 Å². The van der Waals surface area contributed by atoms with Crippen molar-refractivity contribution in [3.05, 3.63) is 11.8 Å². The standard InChI is InChI=1S/C9H17N3O3S/c1-4-10-6-5-8-11-12-9(15-8)7(2)16(3,13)14/h7,10H,4-6H2,1-3H3. The van der Waals surface area contributed by atoms with E-state index in [1.165, 1.54) is 6.92 Å². The number of rotatable bonds is 6. The highest BCUT2D eigenvalue weighted by Crippen LogP contribution is 2.19. The Bertz CT molecular complexity index is 427. The van der Waals surface area contributed by atoms with Crippen LogP contribution in [0.5, 0.6) is 0 Å². The number of likely N-dealkylation sites (N-methyl/N-ethyl adjacent to an activating group) is 1. The van der Waals surface area contributed by atoms with Crippen LogP contribution in [0.25, 0.3) is 0 Å². The molecule has 1 atom stereocenters. The van der Waals surface area contributed by atoms with Crippen molar-refractivity contribution in [3.8, 4) is 0 Å². The fraction of sp³-hybridized carbons (Fsp3) is 0.778. The third-order valence-electron chi connectivity index (χ3n) is 2.24. The van der Waals surface area contributed by atoms with E-state index in [9.17, 15) is 8.42 Å². The van der Waals surface area contributed by atoms with Crippen molar-refractivity contribution in [1.29, 1.82) is 0 Å². The van der Waals surface area contributed by atoms with E-state index in [1.54, 1.807) is 0 Å². The molecule has 0 fully saturated rings. The van der Waals surface area contributed by atoms with Crippen LogP contribution in [-0.4, -0.2) is 38.0 Å². The summed E-state index contributed by atoms with van der Waals surface area (Å²) in [6, 6.07) is 0. The molecular weight excluding hydrogens is 230 g/mol. The molecule has 0 aliphatic heterocycles. The summed E-state index contributed by atoms with van der Waals surface area (Å²) in [5, 5.41) is 9.92. The lowest BCUT2D eigenvalue weighted by Gasteiger charge is -2.02. The lowest BCUT2D eigenvalue weighted by Crippen LogP contribution is -2.16. The summed E-state index contributed by atoms with van der Waals surface area (Å²) < 4.78 is 27.8. The van der Waals surface area contributed by atoms with Gasteiger partial charge in [-0.25, -0.2) is 8.42 Å². The van der Waals surface area contributed by atoms with Crippen LogP contribution < -0.4 is 5.32 Å². The molecule has 0 saturated carbocycles. The summed E-state index contributed by atoms with van der Waals surface area (Å²) in [6.45, 7) is 5.16. The van der Waals surface area contributed by atoms with Crippen LogP contribution in [0.3, 0.4) is 0 Å². The third-order valence-corrected chi connectivity index (χ3v) is 3.72. The van der Waals surface area contributed by atoms with Crippen molar-refractivity contribution in [1.82, 2.24) is 15.5 Å². The first-order chi connectivity index (χ1) is 7.45. The predicted octanol–water partition coefficient (Wildman–Crippen LogP) is 0.327. The first-order valence-corrected chi connectivity index (χ1v) is 7.12. The quantitative estimate of drug-likeness (QED) is 0.729. The normalized spacial score (nSPS) is 13.9. The molecule has 0 amide bonds. The first-order valence-electron chi connectivity index (χ1n) is 5.17. The zero-order chi connectivity index (χ0) is 12.2. The summed E-state index contributed by atoms with van der Waals surface area (Å²) in [4.78, 5) is 0. The molecule has 0 saturated heterocycles. The first kappa shape index (κ1) is 13.1. The van der Waals surface area contributed by atoms with Gasteiger partial charge < -0.3 is 9.73 Å². The SMILES string of the molecule is CCNCCc1nnc(C(C)S(C)(=O)=O)o1. The van der Waals surface area contributed by atoms with Gasteiger partial charge in [0.2, 0.25) is 11.8 Å². The van der Waals surface area contributed by atoms with E-state index in [0.717, 1.165) is 19.3 Å². The Kier molecular flexibility index (Phi) is 4.43. The maximum absolute atomic E-state index is 11.3. The highest BCUT2D eigenvalue weighted by Gasteiger charge is 2.23. The maximum atomic E-state index is 11.3. The van der Waals surface area contributed by atoms with Gasteiger partial charge in [0.1, 0.15) is 5.25 Å². The minimum absolute atomic E-state index is 0.161. The number of sulfone groups is 1. The number of hydrogen-bond acceptors (Lipinski definition) is 6. The van der Waals surface area contributed by atoms with E-state index >= 15 is 0 Å². The average Bonchev–Trinajstić information content (AvgIpc) is 2.64. The van der Waals surface area contributed by atoms with Gasteiger partial charge in [0, 0.05) is 19.2 Å². The molecule has 0 aromatic carbocycles. The van der Waals surface area contributed by atoms with Crippen molar-refractivity contribution in [2.24, 2.45) is 0 Å². The van der Waals surface area contributed by atoms with E-state index in [1.807, 2.05) is 6.92 Å².